The van der Waals surface area contributed by atoms with E-state index in [1.807, 2.05) is 0 Å². The third kappa shape index (κ3) is 1.84. The molecule has 0 aromatic rings. The molecule has 0 fully saturated rings. The number of nitrogens with two attached hydrogens (primary N) is 1. The van der Waals surface area contributed by atoms with Gasteiger partial charge in [-0.2, -0.15) is 0 Å². The van der Waals surface area contributed by atoms with E-state index in [2.05, 4.69) is 26.0 Å². The van der Waals surface area contributed by atoms with Gasteiger partial charge in [0.25, 0.3) is 0 Å². The molecule has 0 radical (unpaired) electrons. The highest BCUT2D eigenvalue weighted by atomic mass is 14.7. The van der Waals surface area contributed by atoms with Crippen molar-refractivity contribution in [2.75, 3.05) is 0 Å². The van der Waals surface area contributed by atoms with Crippen molar-refractivity contribution < 1.29 is 0 Å². The van der Waals surface area contributed by atoms with Crippen molar-refractivity contribution in [2.24, 2.45) is 11.7 Å². The van der Waals surface area contributed by atoms with E-state index in [-0.39, 0.29) is 5.54 Å². The average molecular weight is 139 g/mol. The second kappa shape index (κ2) is 2.75. The lowest BCUT2D eigenvalue weighted by molar-refractivity contribution is 0.298. The summed E-state index contributed by atoms with van der Waals surface area (Å²) in [6, 6.07) is 0. The van der Waals surface area contributed by atoms with E-state index in [1.165, 1.54) is 19.3 Å². The van der Waals surface area contributed by atoms with E-state index < -0.39 is 0 Å². The number of hydrogen-bond acceptors (Lipinski definition) is 1. The zero-order valence-electron chi connectivity index (χ0n) is 6.93. The van der Waals surface area contributed by atoms with E-state index in [0.29, 0.717) is 5.92 Å². The van der Waals surface area contributed by atoms with Crippen LogP contribution in [0.3, 0.4) is 0 Å². The summed E-state index contributed by atoms with van der Waals surface area (Å²) in [5.74, 6) is 0.692. The lowest BCUT2D eigenvalue weighted by Crippen LogP contribution is -2.41. The number of hydrogen-bond donors (Lipinski definition) is 1. The smallest absolute Gasteiger partial charge is 0.0128 e. The highest BCUT2D eigenvalue weighted by Crippen LogP contribution is 2.26. The van der Waals surface area contributed by atoms with Crippen LogP contribution in [0.5, 0.6) is 0 Å². The third-order valence-electron chi connectivity index (χ3n) is 2.32. The van der Waals surface area contributed by atoms with Crippen molar-refractivity contribution in [2.45, 2.75) is 38.6 Å². The summed E-state index contributed by atoms with van der Waals surface area (Å²) in [5.41, 5.74) is 5.99. The van der Waals surface area contributed by atoms with E-state index in [1.54, 1.807) is 0 Å². The fourth-order valence-corrected chi connectivity index (χ4v) is 1.47. The Hall–Kier alpha value is -0.300. The summed E-state index contributed by atoms with van der Waals surface area (Å²) < 4.78 is 0. The van der Waals surface area contributed by atoms with E-state index in [4.69, 9.17) is 5.73 Å². The Balaban J connectivity index is 2.49. The van der Waals surface area contributed by atoms with Gasteiger partial charge >= 0.3 is 0 Å². The predicted octanol–water partition coefficient (Wildman–Crippen LogP) is 2.08. The van der Waals surface area contributed by atoms with Crippen LogP contribution in [0.1, 0.15) is 33.1 Å². The van der Waals surface area contributed by atoms with Crippen molar-refractivity contribution in [3.05, 3.63) is 12.2 Å². The summed E-state index contributed by atoms with van der Waals surface area (Å²) >= 11 is 0. The molecule has 0 aromatic carbocycles. The van der Waals surface area contributed by atoms with Gasteiger partial charge in [0.05, 0.1) is 0 Å². The van der Waals surface area contributed by atoms with Crippen LogP contribution in [-0.2, 0) is 0 Å². The molecule has 58 valence electrons. The maximum atomic E-state index is 5.98. The molecule has 2 N–H and O–H groups in total. The molecule has 1 unspecified atom stereocenters. The van der Waals surface area contributed by atoms with Gasteiger partial charge in [-0.1, -0.05) is 12.2 Å². The molecule has 1 rings (SSSR count). The molecule has 1 aliphatic rings. The molecule has 0 saturated heterocycles. The number of rotatable bonds is 1. The van der Waals surface area contributed by atoms with Gasteiger partial charge in [-0.15, -0.1) is 0 Å². The molecular weight excluding hydrogens is 122 g/mol. The Morgan fingerprint density at radius 2 is 2.10 bits per heavy atom. The predicted molar refractivity (Wildman–Crippen MR) is 44.7 cm³/mol. The Labute approximate surface area is 63.3 Å². The van der Waals surface area contributed by atoms with E-state index in [0.717, 1.165) is 0 Å². The molecule has 0 bridgehead atoms. The molecule has 0 aliphatic heterocycles. The molecule has 1 heteroatoms. The standard InChI is InChI=1S/C9H17N/c1-9(2,10)8-6-4-3-5-7-8/h3-4,8H,5-7,10H2,1-2H3. The topological polar surface area (TPSA) is 26.0 Å². The molecule has 1 atom stereocenters. The quantitative estimate of drug-likeness (QED) is 0.553. The summed E-state index contributed by atoms with van der Waals surface area (Å²) in [5, 5.41) is 0. The Kier molecular flexibility index (Phi) is 2.14. The first kappa shape index (κ1) is 7.80. The molecule has 0 spiro atoms. The Morgan fingerprint density at radius 1 is 1.40 bits per heavy atom. The fourth-order valence-electron chi connectivity index (χ4n) is 1.47. The SMILES string of the molecule is CC(C)(N)C1CC=CCC1. The van der Waals surface area contributed by atoms with Gasteiger partial charge < -0.3 is 5.73 Å². The minimum absolute atomic E-state index is 0.0186. The van der Waals surface area contributed by atoms with Gasteiger partial charge in [0.2, 0.25) is 0 Å². The second-order valence-electron chi connectivity index (χ2n) is 3.80. The minimum atomic E-state index is 0.0186. The van der Waals surface area contributed by atoms with Crippen LogP contribution in [-0.4, -0.2) is 5.54 Å². The molecule has 1 nitrogen and oxygen atoms in total. The minimum Gasteiger partial charge on any atom is -0.325 e. The first-order valence-electron chi connectivity index (χ1n) is 4.04. The van der Waals surface area contributed by atoms with E-state index in [9.17, 15) is 0 Å². The highest BCUT2D eigenvalue weighted by molar-refractivity contribution is 4.96. The van der Waals surface area contributed by atoms with Crippen LogP contribution >= 0.6 is 0 Å². The first-order chi connectivity index (χ1) is 4.61. The number of allylic oxidation sites excluding steroid dienone is 2. The molecular formula is C9H17N. The summed E-state index contributed by atoms with van der Waals surface area (Å²) in [6.45, 7) is 4.24. The summed E-state index contributed by atoms with van der Waals surface area (Å²) in [4.78, 5) is 0. The molecule has 10 heavy (non-hydrogen) atoms. The lowest BCUT2D eigenvalue weighted by atomic mass is 9.80. The Morgan fingerprint density at radius 3 is 2.40 bits per heavy atom. The highest BCUT2D eigenvalue weighted by Gasteiger charge is 2.24. The molecule has 1 aliphatic carbocycles. The molecule has 0 saturated carbocycles. The lowest BCUT2D eigenvalue weighted by Gasteiger charge is -2.31. The van der Waals surface area contributed by atoms with Crippen molar-refractivity contribution in [1.82, 2.24) is 0 Å². The van der Waals surface area contributed by atoms with Crippen molar-refractivity contribution >= 4 is 0 Å². The fraction of sp³-hybridized carbons (Fsp3) is 0.778. The second-order valence-corrected chi connectivity index (χ2v) is 3.80. The van der Waals surface area contributed by atoms with Crippen LogP contribution in [0.4, 0.5) is 0 Å². The monoisotopic (exact) mass is 139 g/mol. The van der Waals surface area contributed by atoms with Gasteiger partial charge in [-0.05, 0) is 39.0 Å². The largest absolute Gasteiger partial charge is 0.325 e. The average Bonchev–Trinajstić information content (AvgIpc) is 1.88. The zero-order chi connectivity index (χ0) is 7.61. The van der Waals surface area contributed by atoms with E-state index >= 15 is 0 Å². The van der Waals surface area contributed by atoms with Crippen LogP contribution in [0, 0.1) is 5.92 Å². The maximum absolute atomic E-state index is 5.98. The zero-order valence-corrected chi connectivity index (χ0v) is 6.93. The Bertz CT molecular complexity index is 130. The first-order valence-corrected chi connectivity index (χ1v) is 4.04. The van der Waals surface area contributed by atoms with Crippen molar-refractivity contribution in [3.63, 3.8) is 0 Å². The maximum Gasteiger partial charge on any atom is 0.0128 e. The summed E-state index contributed by atoms with van der Waals surface area (Å²) in [7, 11) is 0. The van der Waals surface area contributed by atoms with Crippen molar-refractivity contribution in [3.8, 4) is 0 Å². The van der Waals surface area contributed by atoms with Crippen molar-refractivity contribution in [1.29, 1.82) is 0 Å². The van der Waals surface area contributed by atoms with Crippen LogP contribution < -0.4 is 5.73 Å². The van der Waals surface area contributed by atoms with Gasteiger partial charge in [0.1, 0.15) is 0 Å². The molecule has 0 aromatic heterocycles. The molecule has 0 amide bonds. The van der Waals surface area contributed by atoms with Crippen LogP contribution in [0.25, 0.3) is 0 Å². The van der Waals surface area contributed by atoms with Gasteiger partial charge in [-0.3, -0.25) is 0 Å². The van der Waals surface area contributed by atoms with Gasteiger partial charge in [-0.25, -0.2) is 0 Å². The van der Waals surface area contributed by atoms with Crippen LogP contribution in [0.2, 0.25) is 0 Å². The molecule has 0 heterocycles. The van der Waals surface area contributed by atoms with Crippen LogP contribution in [0.15, 0.2) is 12.2 Å². The van der Waals surface area contributed by atoms with Gasteiger partial charge in [0.15, 0.2) is 0 Å². The normalized spacial score (nSPS) is 26.9. The van der Waals surface area contributed by atoms with Gasteiger partial charge in [0, 0.05) is 5.54 Å². The summed E-state index contributed by atoms with van der Waals surface area (Å²) in [6.07, 6.45) is 8.15. The third-order valence-corrected chi connectivity index (χ3v) is 2.32.